The molecule has 0 radical (unpaired) electrons. The van der Waals surface area contributed by atoms with Crippen LogP contribution in [0, 0.1) is 0 Å². The number of aldehydes is 1. The van der Waals surface area contributed by atoms with E-state index in [0.717, 1.165) is 0 Å². The van der Waals surface area contributed by atoms with Crippen LogP contribution in [0.1, 0.15) is 13.3 Å². The molecule has 0 spiro atoms. The molecule has 14 heavy (non-hydrogen) atoms. The summed E-state index contributed by atoms with van der Waals surface area (Å²) < 4.78 is 0. The molecule has 0 aromatic rings. The summed E-state index contributed by atoms with van der Waals surface area (Å²) in [4.78, 5) is 21.7. The maximum Gasteiger partial charge on any atom is 0.316 e. The highest BCUT2D eigenvalue weighted by Gasteiger charge is 2.10. The van der Waals surface area contributed by atoms with Crippen molar-refractivity contribution in [2.45, 2.75) is 25.6 Å². The summed E-state index contributed by atoms with van der Waals surface area (Å²) in [7, 11) is 1.73. The number of carbonyl (C=O) groups is 2. The van der Waals surface area contributed by atoms with E-state index in [2.05, 4.69) is 28.6 Å². The van der Waals surface area contributed by atoms with Crippen LogP contribution in [0.2, 0.25) is 0 Å². The third-order valence-corrected chi connectivity index (χ3v) is 1.96. The van der Waals surface area contributed by atoms with Gasteiger partial charge < -0.3 is 20.7 Å². The van der Waals surface area contributed by atoms with Gasteiger partial charge in [0.05, 0.1) is 12.2 Å². The number of hydrogen-bond acceptors (Lipinski definition) is 4. The molecule has 6 heteroatoms. The van der Waals surface area contributed by atoms with Gasteiger partial charge in [0.15, 0.2) is 0 Å². The van der Waals surface area contributed by atoms with Crippen LogP contribution in [0.4, 0.5) is 4.79 Å². The van der Waals surface area contributed by atoms with Crippen LogP contribution in [0.25, 0.3) is 0 Å². The van der Waals surface area contributed by atoms with E-state index in [1.165, 1.54) is 0 Å². The molecule has 0 rings (SSSR count). The normalized spacial score (nSPS) is 14.2. The van der Waals surface area contributed by atoms with Crippen molar-refractivity contribution in [1.29, 1.82) is 0 Å². The zero-order valence-corrected chi connectivity index (χ0v) is 9.30. The van der Waals surface area contributed by atoms with Gasteiger partial charge in [-0.3, -0.25) is 0 Å². The van der Waals surface area contributed by atoms with E-state index in [1.807, 2.05) is 0 Å². The molecular weight excluding hydrogens is 202 g/mol. The van der Waals surface area contributed by atoms with Gasteiger partial charge in [-0.1, -0.05) is 0 Å². The van der Waals surface area contributed by atoms with E-state index in [9.17, 15) is 9.59 Å². The molecule has 0 aliphatic carbocycles. The van der Waals surface area contributed by atoms with Crippen LogP contribution < -0.4 is 16.0 Å². The SMILES string of the molecule is CN[C@@H](C)NC(=O)NC(C=O)CCS. The van der Waals surface area contributed by atoms with E-state index < -0.39 is 6.04 Å². The Labute approximate surface area is 89.4 Å². The number of carbonyl (C=O) groups excluding carboxylic acids is 2. The summed E-state index contributed by atoms with van der Waals surface area (Å²) in [5.41, 5.74) is 0. The number of rotatable bonds is 6. The summed E-state index contributed by atoms with van der Waals surface area (Å²) in [5, 5.41) is 7.98. The summed E-state index contributed by atoms with van der Waals surface area (Å²) in [6.45, 7) is 1.80. The average molecular weight is 219 g/mol. The highest BCUT2D eigenvalue weighted by molar-refractivity contribution is 7.80. The molecule has 0 saturated heterocycles. The van der Waals surface area contributed by atoms with E-state index in [-0.39, 0.29) is 12.2 Å². The zero-order chi connectivity index (χ0) is 11.0. The third-order valence-electron chi connectivity index (χ3n) is 1.70. The largest absolute Gasteiger partial charge is 0.329 e. The Morgan fingerprint density at radius 2 is 2.14 bits per heavy atom. The summed E-state index contributed by atoms with van der Waals surface area (Å²) in [6, 6.07) is -0.817. The molecule has 0 aromatic heterocycles. The number of amides is 2. The topological polar surface area (TPSA) is 70.2 Å². The van der Waals surface area contributed by atoms with Crippen LogP contribution in [0.5, 0.6) is 0 Å². The lowest BCUT2D eigenvalue weighted by atomic mass is 10.2. The van der Waals surface area contributed by atoms with Gasteiger partial charge in [-0.05, 0) is 26.1 Å². The minimum atomic E-state index is -0.462. The molecule has 1 unspecified atom stereocenters. The lowest BCUT2D eigenvalue weighted by Crippen LogP contribution is -2.49. The van der Waals surface area contributed by atoms with Crippen molar-refractivity contribution in [1.82, 2.24) is 16.0 Å². The average Bonchev–Trinajstić information content (AvgIpc) is 2.16. The van der Waals surface area contributed by atoms with Crippen molar-refractivity contribution < 1.29 is 9.59 Å². The Morgan fingerprint density at radius 3 is 2.57 bits per heavy atom. The second-order valence-electron chi connectivity index (χ2n) is 2.88. The first-order valence-corrected chi connectivity index (χ1v) is 5.07. The van der Waals surface area contributed by atoms with Gasteiger partial charge in [-0.15, -0.1) is 0 Å². The highest BCUT2D eigenvalue weighted by atomic mass is 32.1. The molecule has 0 aromatic carbocycles. The van der Waals surface area contributed by atoms with Gasteiger partial charge >= 0.3 is 6.03 Å². The fourth-order valence-corrected chi connectivity index (χ4v) is 1.07. The smallest absolute Gasteiger partial charge is 0.316 e. The predicted octanol–water partition coefficient (Wildman–Crippen LogP) is -0.262. The minimum Gasteiger partial charge on any atom is -0.329 e. The molecule has 0 fully saturated rings. The molecule has 3 N–H and O–H groups in total. The Kier molecular flexibility index (Phi) is 7.23. The van der Waals surface area contributed by atoms with Crippen LogP contribution in [0.3, 0.4) is 0 Å². The van der Waals surface area contributed by atoms with E-state index in [0.29, 0.717) is 18.5 Å². The molecule has 2 amide bonds. The Morgan fingerprint density at radius 1 is 1.50 bits per heavy atom. The maximum absolute atomic E-state index is 11.2. The molecule has 82 valence electrons. The van der Waals surface area contributed by atoms with Gasteiger partial charge in [0.1, 0.15) is 6.29 Å². The van der Waals surface area contributed by atoms with Crippen LogP contribution in [-0.4, -0.2) is 37.3 Å². The van der Waals surface area contributed by atoms with Gasteiger partial charge in [-0.25, -0.2) is 4.79 Å². The first kappa shape index (κ1) is 13.2. The van der Waals surface area contributed by atoms with Crippen LogP contribution >= 0.6 is 12.6 Å². The Bertz CT molecular complexity index is 189. The lowest BCUT2D eigenvalue weighted by Gasteiger charge is -2.16. The Hall–Kier alpha value is -0.750. The van der Waals surface area contributed by atoms with Crippen LogP contribution in [-0.2, 0) is 4.79 Å². The minimum absolute atomic E-state index is 0.127. The summed E-state index contributed by atoms with van der Waals surface area (Å²) in [5.74, 6) is 0.561. The predicted molar refractivity (Wildman–Crippen MR) is 58.5 cm³/mol. The fraction of sp³-hybridized carbons (Fsp3) is 0.750. The van der Waals surface area contributed by atoms with Crippen LogP contribution in [0.15, 0.2) is 0 Å². The standard InChI is InChI=1S/C8H17N3O2S/c1-6(9-2)10-8(13)11-7(5-12)3-4-14/h5-7,9,14H,3-4H2,1-2H3,(H2,10,11,13)/t6-,7?/m1/s1. The third kappa shape index (κ3) is 5.82. The van der Waals surface area contributed by atoms with Crippen molar-refractivity contribution in [2.75, 3.05) is 12.8 Å². The van der Waals surface area contributed by atoms with Gasteiger partial charge in [-0.2, -0.15) is 12.6 Å². The van der Waals surface area contributed by atoms with Crippen molar-refractivity contribution in [2.24, 2.45) is 0 Å². The zero-order valence-electron chi connectivity index (χ0n) is 8.41. The number of nitrogens with one attached hydrogen (secondary N) is 3. The van der Waals surface area contributed by atoms with Gasteiger partial charge in [0, 0.05) is 0 Å². The van der Waals surface area contributed by atoms with Crippen molar-refractivity contribution in [3.63, 3.8) is 0 Å². The highest BCUT2D eigenvalue weighted by Crippen LogP contribution is 1.90. The molecular formula is C8H17N3O2S. The summed E-state index contributed by atoms with van der Waals surface area (Å²) in [6.07, 6.45) is 1.12. The van der Waals surface area contributed by atoms with E-state index >= 15 is 0 Å². The molecule has 0 bridgehead atoms. The summed E-state index contributed by atoms with van der Waals surface area (Å²) >= 11 is 3.98. The molecule has 0 aliphatic rings. The number of urea groups is 1. The monoisotopic (exact) mass is 219 g/mol. The quantitative estimate of drug-likeness (QED) is 0.282. The van der Waals surface area contributed by atoms with Crippen molar-refractivity contribution >= 4 is 24.9 Å². The first-order chi connectivity index (χ1) is 6.63. The Balaban J connectivity index is 3.84. The second-order valence-corrected chi connectivity index (χ2v) is 3.33. The second kappa shape index (κ2) is 7.64. The molecule has 5 nitrogen and oxygen atoms in total. The van der Waals surface area contributed by atoms with E-state index in [4.69, 9.17) is 0 Å². The first-order valence-electron chi connectivity index (χ1n) is 4.44. The van der Waals surface area contributed by atoms with Crippen molar-refractivity contribution in [3.8, 4) is 0 Å². The molecule has 0 saturated carbocycles. The number of hydrogen-bond donors (Lipinski definition) is 4. The van der Waals surface area contributed by atoms with Crippen molar-refractivity contribution in [3.05, 3.63) is 0 Å². The van der Waals surface area contributed by atoms with E-state index in [1.54, 1.807) is 14.0 Å². The molecule has 0 heterocycles. The number of thiol groups is 1. The fourth-order valence-electron chi connectivity index (χ4n) is 0.792. The lowest BCUT2D eigenvalue weighted by molar-refractivity contribution is -0.109. The van der Waals surface area contributed by atoms with Gasteiger partial charge in [0.2, 0.25) is 0 Å². The molecule has 2 atom stereocenters. The molecule has 0 aliphatic heterocycles. The maximum atomic E-state index is 11.2. The van der Waals surface area contributed by atoms with Gasteiger partial charge in [0.25, 0.3) is 0 Å².